The molecule has 1 aromatic carbocycles. The molecule has 1 rings (SSSR count). The van der Waals surface area contributed by atoms with Crippen LogP contribution < -0.4 is 5.32 Å². The van der Waals surface area contributed by atoms with Crippen LogP contribution in [0.25, 0.3) is 0 Å². The van der Waals surface area contributed by atoms with E-state index in [0.29, 0.717) is 21.3 Å². The fraction of sp³-hybridized carbons (Fsp3) is 0.385. The number of carbonyl (C=O) groups is 2. The van der Waals surface area contributed by atoms with Crippen LogP contribution in [0.3, 0.4) is 0 Å². The number of methoxy groups -OCH3 is 1. The second-order valence-corrected chi connectivity index (χ2v) is 5.18. The smallest absolute Gasteiger partial charge is 0.338 e. The van der Waals surface area contributed by atoms with Gasteiger partial charge in [-0.3, -0.25) is 4.79 Å². The van der Waals surface area contributed by atoms with Crippen LogP contribution in [0.2, 0.25) is 0 Å². The number of carbonyl (C=O) groups excluding carboxylic acids is 2. The van der Waals surface area contributed by atoms with Crippen LogP contribution >= 0.6 is 15.9 Å². The van der Waals surface area contributed by atoms with Gasteiger partial charge in [-0.25, -0.2) is 4.79 Å². The van der Waals surface area contributed by atoms with Crippen molar-refractivity contribution in [2.24, 2.45) is 5.92 Å². The van der Waals surface area contributed by atoms with E-state index in [0.717, 1.165) is 0 Å². The Morgan fingerprint density at radius 2 is 1.94 bits per heavy atom. The molecule has 0 unspecified atom stereocenters. The van der Waals surface area contributed by atoms with Gasteiger partial charge in [0.2, 0.25) is 5.91 Å². The van der Waals surface area contributed by atoms with Crippen LogP contribution in [0.4, 0.5) is 5.69 Å². The lowest BCUT2D eigenvalue weighted by Gasteiger charge is -2.13. The molecule has 1 aromatic rings. The van der Waals surface area contributed by atoms with Gasteiger partial charge < -0.3 is 10.1 Å². The summed E-state index contributed by atoms with van der Waals surface area (Å²) in [6.45, 7) is 5.39. The summed E-state index contributed by atoms with van der Waals surface area (Å²) in [4.78, 5) is 23.3. The summed E-state index contributed by atoms with van der Waals surface area (Å²) in [5.41, 5.74) is 1.74. The molecule has 0 fully saturated rings. The van der Waals surface area contributed by atoms with Gasteiger partial charge in [0.15, 0.2) is 0 Å². The molecule has 5 heteroatoms. The van der Waals surface area contributed by atoms with Gasteiger partial charge >= 0.3 is 5.97 Å². The number of amides is 1. The molecular formula is C13H16BrNO3. The number of rotatable bonds is 3. The highest BCUT2D eigenvalue weighted by Gasteiger charge is 2.16. The average Bonchev–Trinajstić information content (AvgIpc) is 2.32. The molecule has 18 heavy (non-hydrogen) atoms. The third-order valence-corrected chi connectivity index (χ3v) is 3.02. The minimum absolute atomic E-state index is 0.0907. The van der Waals surface area contributed by atoms with Gasteiger partial charge in [-0.1, -0.05) is 29.8 Å². The summed E-state index contributed by atoms with van der Waals surface area (Å²) < 4.78 is 5.42. The summed E-state index contributed by atoms with van der Waals surface area (Å²) in [6, 6.07) is 3.44. The van der Waals surface area contributed by atoms with Crippen LogP contribution in [-0.2, 0) is 9.53 Å². The van der Waals surface area contributed by atoms with E-state index < -0.39 is 5.97 Å². The molecule has 0 saturated carbocycles. The molecule has 0 atom stereocenters. The molecule has 1 amide bonds. The SMILES string of the molecule is COC(=O)c1cc(Br)cc(NC(=O)C(C)C)c1C. The first-order valence-electron chi connectivity index (χ1n) is 5.56. The third-order valence-electron chi connectivity index (χ3n) is 2.56. The van der Waals surface area contributed by atoms with Gasteiger partial charge in [-0.15, -0.1) is 0 Å². The number of nitrogens with one attached hydrogen (secondary N) is 1. The van der Waals surface area contributed by atoms with Crippen molar-refractivity contribution in [3.63, 3.8) is 0 Å². The molecule has 0 saturated heterocycles. The largest absolute Gasteiger partial charge is 0.465 e. The lowest BCUT2D eigenvalue weighted by atomic mass is 10.1. The van der Waals surface area contributed by atoms with Crippen molar-refractivity contribution < 1.29 is 14.3 Å². The number of hydrogen-bond acceptors (Lipinski definition) is 3. The molecule has 0 aromatic heterocycles. The lowest BCUT2D eigenvalue weighted by Crippen LogP contribution is -2.19. The Bertz CT molecular complexity index is 483. The normalized spacial score (nSPS) is 10.3. The summed E-state index contributed by atoms with van der Waals surface area (Å²) >= 11 is 3.31. The van der Waals surface area contributed by atoms with Crippen LogP contribution in [-0.4, -0.2) is 19.0 Å². The maximum absolute atomic E-state index is 11.7. The predicted octanol–water partition coefficient (Wildman–Crippen LogP) is 3.14. The van der Waals surface area contributed by atoms with E-state index in [1.54, 1.807) is 19.1 Å². The van der Waals surface area contributed by atoms with Crippen molar-refractivity contribution in [2.75, 3.05) is 12.4 Å². The van der Waals surface area contributed by atoms with Crippen LogP contribution in [0.1, 0.15) is 29.8 Å². The van der Waals surface area contributed by atoms with Crippen molar-refractivity contribution in [2.45, 2.75) is 20.8 Å². The van der Waals surface area contributed by atoms with E-state index in [1.807, 2.05) is 13.8 Å². The highest BCUT2D eigenvalue weighted by Crippen LogP contribution is 2.26. The Morgan fingerprint density at radius 1 is 1.33 bits per heavy atom. The maximum atomic E-state index is 11.7. The molecule has 0 spiro atoms. The molecule has 0 aliphatic rings. The van der Waals surface area contributed by atoms with E-state index in [2.05, 4.69) is 21.2 Å². The number of anilines is 1. The lowest BCUT2D eigenvalue weighted by molar-refractivity contribution is -0.118. The van der Waals surface area contributed by atoms with Crippen LogP contribution in [0.5, 0.6) is 0 Å². The van der Waals surface area contributed by atoms with Crippen LogP contribution in [0, 0.1) is 12.8 Å². The molecule has 0 radical (unpaired) electrons. The maximum Gasteiger partial charge on any atom is 0.338 e. The second kappa shape index (κ2) is 6.00. The van der Waals surface area contributed by atoms with E-state index in [9.17, 15) is 9.59 Å². The fourth-order valence-corrected chi connectivity index (χ4v) is 1.87. The van der Waals surface area contributed by atoms with Crippen molar-refractivity contribution in [3.05, 3.63) is 27.7 Å². The zero-order valence-corrected chi connectivity index (χ0v) is 12.4. The Morgan fingerprint density at radius 3 is 2.44 bits per heavy atom. The van der Waals surface area contributed by atoms with Crippen LogP contribution in [0.15, 0.2) is 16.6 Å². The van der Waals surface area contributed by atoms with Crippen molar-refractivity contribution in [1.29, 1.82) is 0 Å². The van der Waals surface area contributed by atoms with E-state index in [4.69, 9.17) is 4.74 Å². The Hall–Kier alpha value is -1.36. The van der Waals surface area contributed by atoms with E-state index in [-0.39, 0.29) is 11.8 Å². The summed E-state index contributed by atoms with van der Waals surface area (Å²) in [5.74, 6) is -0.633. The minimum Gasteiger partial charge on any atom is -0.465 e. The molecular weight excluding hydrogens is 298 g/mol. The zero-order valence-electron chi connectivity index (χ0n) is 10.8. The first-order valence-corrected chi connectivity index (χ1v) is 6.35. The predicted molar refractivity (Wildman–Crippen MR) is 73.7 cm³/mol. The first-order chi connectivity index (χ1) is 8.36. The average molecular weight is 314 g/mol. The van der Waals surface area contributed by atoms with Crippen molar-refractivity contribution in [3.8, 4) is 0 Å². The van der Waals surface area contributed by atoms with Crippen molar-refractivity contribution >= 4 is 33.5 Å². The van der Waals surface area contributed by atoms with E-state index >= 15 is 0 Å². The molecule has 0 aliphatic carbocycles. The molecule has 4 nitrogen and oxygen atoms in total. The number of esters is 1. The topological polar surface area (TPSA) is 55.4 Å². The van der Waals surface area contributed by atoms with Gasteiger partial charge in [-0.2, -0.15) is 0 Å². The number of halogens is 1. The van der Waals surface area contributed by atoms with Gasteiger partial charge in [0.05, 0.1) is 12.7 Å². The number of hydrogen-bond donors (Lipinski definition) is 1. The number of benzene rings is 1. The Labute approximate surface area is 115 Å². The highest BCUT2D eigenvalue weighted by atomic mass is 79.9. The molecule has 98 valence electrons. The standard InChI is InChI=1S/C13H16BrNO3/c1-7(2)12(16)15-11-6-9(14)5-10(8(11)3)13(17)18-4/h5-7H,1-4H3,(H,15,16). The van der Waals surface area contributed by atoms with Gasteiger partial charge in [0.1, 0.15) is 0 Å². The Kier molecular flexibility index (Phi) is 4.90. The quantitative estimate of drug-likeness (QED) is 0.872. The van der Waals surface area contributed by atoms with Gasteiger partial charge in [0.25, 0.3) is 0 Å². The van der Waals surface area contributed by atoms with Gasteiger partial charge in [0, 0.05) is 16.1 Å². The molecule has 0 aliphatic heterocycles. The monoisotopic (exact) mass is 313 g/mol. The first kappa shape index (κ1) is 14.7. The molecule has 0 heterocycles. The summed E-state index contributed by atoms with van der Waals surface area (Å²) in [5, 5.41) is 2.79. The molecule has 0 bridgehead atoms. The summed E-state index contributed by atoms with van der Waals surface area (Å²) in [7, 11) is 1.33. The number of ether oxygens (including phenoxy) is 1. The zero-order chi connectivity index (χ0) is 13.9. The molecule has 1 N–H and O–H groups in total. The van der Waals surface area contributed by atoms with Crippen molar-refractivity contribution in [1.82, 2.24) is 0 Å². The fourth-order valence-electron chi connectivity index (χ4n) is 1.41. The second-order valence-electron chi connectivity index (χ2n) is 4.26. The highest BCUT2D eigenvalue weighted by molar-refractivity contribution is 9.10. The minimum atomic E-state index is -0.422. The van der Waals surface area contributed by atoms with Gasteiger partial charge in [-0.05, 0) is 24.6 Å². The summed E-state index contributed by atoms with van der Waals surface area (Å²) in [6.07, 6.45) is 0. The van der Waals surface area contributed by atoms with E-state index in [1.165, 1.54) is 7.11 Å². The third kappa shape index (κ3) is 3.32. The Balaban J connectivity index is 3.17.